The Kier molecular flexibility index (Phi) is 11.0. The van der Waals surface area contributed by atoms with Gasteiger partial charge in [-0.2, -0.15) is 4.31 Å². The molecule has 0 amide bonds. The number of methoxy groups -OCH3 is 3. The Balaban J connectivity index is 2.25. The van der Waals surface area contributed by atoms with Crippen LogP contribution in [0.5, 0.6) is 0 Å². The van der Waals surface area contributed by atoms with Crippen molar-refractivity contribution in [2.45, 2.75) is 31.7 Å². The molecule has 0 aliphatic heterocycles. The maximum absolute atomic E-state index is 14.1. The van der Waals surface area contributed by atoms with Gasteiger partial charge in [-0.3, -0.25) is 4.79 Å². The Morgan fingerprint density at radius 2 is 1.54 bits per heavy atom. The minimum Gasteiger partial charge on any atom is -0.466 e. The lowest BCUT2D eigenvalue weighted by Crippen LogP contribution is -2.40. The van der Waals surface area contributed by atoms with Gasteiger partial charge in [0.2, 0.25) is 10.0 Å². The van der Waals surface area contributed by atoms with Gasteiger partial charge in [0, 0.05) is 39.5 Å². The van der Waals surface area contributed by atoms with Gasteiger partial charge in [0.05, 0.1) is 36.9 Å². The Labute approximate surface area is 240 Å². The highest BCUT2D eigenvalue weighted by Gasteiger charge is 2.40. The fraction of sp³-hybridized carbons (Fsp3) is 0.367. The van der Waals surface area contributed by atoms with Crippen LogP contribution in [0.2, 0.25) is 0 Å². The average molecular weight is 586 g/mol. The van der Waals surface area contributed by atoms with Crippen LogP contribution in [0.3, 0.4) is 0 Å². The second-order valence-electron chi connectivity index (χ2n) is 9.54. The number of hydrogen-bond acceptors (Lipinski definition) is 9. The van der Waals surface area contributed by atoms with Crippen molar-refractivity contribution in [2.24, 2.45) is 5.92 Å². The van der Waals surface area contributed by atoms with E-state index in [-0.39, 0.29) is 48.8 Å². The highest BCUT2D eigenvalue weighted by atomic mass is 32.2. The summed E-state index contributed by atoms with van der Waals surface area (Å²) in [5, 5.41) is 0. The number of ether oxygens (including phenoxy) is 4. The molecule has 1 unspecified atom stereocenters. The molecule has 0 saturated heterocycles. The molecule has 220 valence electrons. The minimum absolute atomic E-state index is 0.0235. The molecule has 1 atom stereocenters. The summed E-state index contributed by atoms with van der Waals surface area (Å²) in [5.41, 5.74) is 2.58. The van der Waals surface area contributed by atoms with E-state index in [4.69, 9.17) is 18.9 Å². The summed E-state index contributed by atoms with van der Waals surface area (Å²) in [4.78, 5) is 38.0. The van der Waals surface area contributed by atoms with Crippen LogP contribution in [0, 0.1) is 12.8 Å². The fourth-order valence-electron chi connectivity index (χ4n) is 4.73. The van der Waals surface area contributed by atoms with Crippen molar-refractivity contribution < 1.29 is 41.7 Å². The van der Waals surface area contributed by atoms with Crippen LogP contribution in [0.15, 0.2) is 81.8 Å². The third-order valence-corrected chi connectivity index (χ3v) is 8.60. The second kappa shape index (κ2) is 14.2. The van der Waals surface area contributed by atoms with Crippen LogP contribution in [-0.2, 0) is 49.9 Å². The smallest absolute Gasteiger partial charge is 0.334 e. The number of hydrogen-bond donors (Lipinski definition) is 0. The minimum atomic E-state index is -4.12. The molecule has 3 rings (SSSR count). The van der Waals surface area contributed by atoms with Gasteiger partial charge in [0.1, 0.15) is 6.61 Å². The first-order valence-electron chi connectivity index (χ1n) is 12.9. The SMILES string of the molecule is COCC1=C(COC(C)=O)C(CN(Cc2ccccc2)S(=O)(=O)c2ccc(C)cc2)C(C(=O)OC)=C(C(=O)OC)C1. The zero-order valence-electron chi connectivity index (χ0n) is 23.8. The predicted octanol–water partition coefficient (Wildman–Crippen LogP) is 3.35. The molecule has 11 heteroatoms. The van der Waals surface area contributed by atoms with Gasteiger partial charge >= 0.3 is 17.9 Å². The van der Waals surface area contributed by atoms with Gasteiger partial charge in [-0.05, 0) is 35.8 Å². The highest BCUT2D eigenvalue weighted by Crippen LogP contribution is 2.38. The quantitative estimate of drug-likeness (QED) is 0.209. The first-order chi connectivity index (χ1) is 19.5. The van der Waals surface area contributed by atoms with E-state index in [1.807, 2.05) is 13.0 Å². The number of aryl methyl sites for hydroxylation is 1. The van der Waals surface area contributed by atoms with Crippen molar-refractivity contribution in [3.8, 4) is 0 Å². The van der Waals surface area contributed by atoms with E-state index >= 15 is 0 Å². The van der Waals surface area contributed by atoms with Crippen LogP contribution in [0.1, 0.15) is 24.5 Å². The van der Waals surface area contributed by atoms with Crippen molar-refractivity contribution in [3.63, 3.8) is 0 Å². The molecule has 0 fully saturated rings. The lowest BCUT2D eigenvalue weighted by atomic mass is 9.77. The van der Waals surface area contributed by atoms with Crippen LogP contribution in [-0.4, -0.2) is 71.7 Å². The molecule has 0 saturated carbocycles. The topological polar surface area (TPSA) is 126 Å². The van der Waals surface area contributed by atoms with E-state index in [1.54, 1.807) is 36.4 Å². The largest absolute Gasteiger partial charge is 0.466 e. The van der Waals surface area contributed by atoms with Gasteiger partial charge < -0.3 is 18.9 Å². The van der Waals surface area contributed by atoms with Crippen molar-refractivity contribution in [1.82, 2.24) is 4.31 Å². The van der Waals surface area contributed by atoms with E-state index in [0.29, 0.717) is 16.7 Å². The molecule has 1 aliphatic carbocycles. The number of rotatable bonds is 12. The summed E-state index contributed by atoms with van der Waals surface area (Å²) in [6, 6.07) is 15.4. The average Bonchev–Trinajstić information content (AvgIpc) is 2.96. The third-order valence-electron chi connectivity index (χ3n) is 6.77. The van der Waals surface area contributed by atoms with E-state index in [2.05, 4.69) is 0 Å². The summed E-state index contributed by atoms with van der Waals surface area (Å²) in [5.74, 6) is -3.16. The van der Waals surface area contributed by atoms with Gasteiger partial charge in [-0.15, -0.1) is 0 Å². The van der Waals surface area contributed by atoms with Crippen molar-refractivity contribution in [1.29, 1.82) is 0 Å². The van der Waals surface area contributed by atoms with Gasteiger partial charge in [-0.1, -0.05) is 48.0 Å². The Morgan fingerprint density at radius 1 is 0.902 bits per heavy atom. The summed E-state index contributed by atoms with van der Waals surface area (Å²) in [6.45, 7) is 2.61. The number of carbonyl (C=O) groups is 3. The standard InChI is InChI=1S/C30H35NO9S/c1-20-11-13-24(14-12-20)41(35,36)31(16-22-9-7-6-8-10-22)17-26-27(19-40-21(2)32)23(18-37-3)15-25(29(33)38-4)28(26)30(34)39-5/h6-14,26H,15-19H2,1-5H3. The number of esters is 3. The predicted molar refractivity (Wildman–Crippen MR) is 150 cm³/mol. The van der Waals surface area contributed by atoms with Gasteiger partial charge in [0.25, 0.3) is 0 Å². The third kappa shape index (κ3) is 7.69. The van der Waals surface area contributed by atoms with Crippen LogP contribution in [0.4, 0.5) is 0 Å². The molecular formula is C30H35NO9S. The maximum Gasteiger partial charge on any atom is 0.334 e. The zero-order chi connectivity index (χ0) is 30.2. The first-order valence-corrected chi connectivity index (χ1v) is 14.3. The van der Waals surface area contributed by atoms with E-state index in [0.717, 1.165) is 5.56 Å². The Hall–Kier alpha value is -3.80. The molecule has 10 nitrogen and oxygen atoms in total. The molecule has 41 heavy (non-hydrogen) atoms. The number of nitrogens with zero attached hydrogens (tertiary/aromatic N) is 1. The molecule has 1 aliphatic rings. The molecule has 2 aromatic carbocycles. The van der Waals surface area contributed by atoms with Crippen molar-refractivity contribution in [3.05, 3.63) is 88.0 Å². The molecule has 0 spiro atoms. The van der Waals surface area contributed by atoms with Crippen LogP contribution in [0.25, 0.3) is 0 Å². The van der Waals surface area contributed by atoms with Crippen LogP contribution >= 0.6 is 0 Å². The Morgan fingerprint density at radius 3 is 2.10 bits per heavy atom. The van der Waals surface area contributed by atoms with E-state index < -0.39 is 33.8 Å². The fourth-order valence-corrected chi connectivity index (χ4v) is 6.18. The summed E-state index contributed by atoms with van der Waals surface area (Å²) in [7, 11) is -0.289. The monoisotopic (exact) mass is 585 g/mol. The summed E-state index contributed by atoms with van der Waals surface area (Å²) < 4.78 is 50.2. The number of sulfonamides is 1. The highest BCUT2D eigenvalue weighted by molar-refractivity contribution is 7.89. The normalized spacial score (nSPS) is 15.6. The molecule has 0 radical (unpaired) electrons. The van der Waals surface area contributed by atoms with Gasteiger partial charge in [0.15, 0.2) is 0 Å². The summed E-state index contributed by atoms with van der Waals surface area (Å²) in [6.07, 6.45) is -0.0263. The van der Waals surface area contributed by atoms with Gasteiger partial charge in [-0.25, -0.2) is 18.0 Å². The zero-order valence-corrected chi connectivity index (χ0v) is 24.7. The molecular weight excluding hydrogens is 550 g/mol. The molecule has 0 aromatic heterocycles. The second-order valence-corrected chi connectivity index (χ2v) is 11.5. The molecule has 0 bridgehead atoms. The molecule has 0 N–H and O–H groups in total. The first kappa shape index (κ1) is 31.7. The number of carbonyl (C=O) groups excluding carboxylic acids is 3. The van der Waals surface area contributed by atoms with Crippen molar-refractivity contribution >= 4 is 27.9 Å². The van der Waals surface area contributed by atoms with E-state index in [1.165, 1.54) is 44.7 Å². The summed E-state index contributed by atoms with van der Waals surface area (Å²) >= 11 is 0. The van der Waals surface area contributed by atoms with Crippen LogP contribution < -0.4 is 0 Å². The van der Waals surface area contributed by atoms with E-state index in [9.17, 15) is 22.8 Å². The lowest BCUT2D eigenvalue weighted by Gasteiger charge is -2.34. The lowest BCUT2D eigenvalue weighted by molar-refractivity contribution is -0.141. The molecule has 0 heterocycles. The maximum atomic E-state index is 14.1. The van der Waals surface area contributed by atoms with Crippen molar-refractivity contribution in [2.75, 3.05) is 41.1 Å². The molecule has 2 aromatic rings. The number of benzene rings is 2. The Bertz CT molecular complexity index is 1430.